The lowest BCUT2D eigenvalue weighted by Gasteiger charge is -2.32. The third-order valence-corrected chi connectivity index (χ3v) is 17.9. The summed E-state index contributed by atoms with van der Waals surface area (Å²) in [5.41, 5.74) is 1.20. The number of ketones is 2. The van der Waals surface area contributed by atoms with E-state index in [-0.39, 0.29) is 100 Å². The molecule has 2 aromatic carbocycles. The van der Waals surface area contributed by atoms with Crippen LogP contribution in [0.4, 0.5) is 35.1 Å². The maximum absolute atomic E-state index is 14.6. The number of benzene rings is 2. The van der Waals surface area contributed by atoms with E-state index in [4.69, 9.17) is 28.3 Å². The Bertz CT molecular complexity index is 3620. The second-order valence-electron chi connectivity index (χ2n) is 25.9. The fourth-order valence-electron chi connectivity index (χ4n) is 11.8. The van der Waals surface area contributed by atoms with E-state index in [1.54, 1.807) is 65.9 Å². The molecule has 2 saturated carbocycles. The number of aromatic nitrogens is 4. The van der Waals surface area contributed by atoms with Gasteiger partial charge in [0.2, 0.25) is 23.5 Å². The van der Waals surface area contributed by atoms with Crippen LogP contribution in [0.1, 0.15) is 151 Å². The Morgan fingerprint density at radius 2 is 1.02 bits per heavy atom. The van der Waals surface area contributed by atoms with Gasteiger partial charge in [0.05, 0.1) is 46.7 Å². The Morgan fingerprint density at radius 1 is 0.600 bits per heavy atom. The second kappa shape index (κ2) is 26.2. The normalized spacial score (nSPS) is 20.7. The maximum Gasteiger partial charge on any atom is 0.494 e. The number of alkyl halides is 6. The van der Waals surface area contributed by atoms with E-state index < -0.39 is 58.8 Å². The quantitative estimate of drug-likeness (QED) is 0.0418. The van der Waals surface area contributed by atoms with Gasteiger partial charge in [0.15, 0.2) is 0 Å². The average Bonchev–Trinajstić information content (AvgIpc) is 1.56. The van der Waals surface area contributed by atoms with E-state index in [9.17, 15) is 54.9 Å². The molecule has 0 unspecified atom stereocenters. The third-order valence-electron chi connectivity index (χ3n) is 17.3. The molecule has 1 aliphatic heterocycles. The van der Waals surface area contributed by atoms with E-state index in [0.717, 1.165) is 65.6 Å². The van der Waals surface area contributed by atoms with Gasteiger partial charge in [0.25, 0.3) is 0 Å². The van der Waals surface area contributed by atoms with Crippen molar-refractivity contribution in [3.05, 3.63) is 146 Å². The summed E-state index contributed by atoms with van der Waals surface area (Å²) >= 11 is 2.80. The Morgan fingerprint density at radius 3 is 1.48 bits per heavy atom. The van der Waals surface area contributed by atoms with Crippen LogP contribution < -0.4 is 24.4 Å². The topological polar surface area (TPSA) is 182 Å². The highest BCUT2D eigenvalue weighted by atomic mass is 79.9. The van der Waals surface area contributed by atoms with Crippen LogP contribution in [-0.2, 0) is 57.3 Å². The molecule has 6 aromatic rings. The lowest BCUT2D eigenvalue weighted by molar-refractivity contribution is -0.138. The molecule has 4 aromatic heterocycles. The predicted molar refractivity (Wildman–Crippen MR) is 321 cm³/mol. The monoisotopic (exact) mass is 1320 g/mol. The molecule has 5 heterocycles. The Kier molecular flexibility index (Phi) is 19.7. The summed E-state index contributed by atoms with van der Waals surface area (Å²) in [6.07, 6.45) is 0.0110. The first-order chi connectivity index (χ1) is 42.0. The van der Waals surface area contributed by atoms with Crippen molar-refractivity contribution in [1.82, 2.24) is 19.9 Å². The van der Waals surface area contributed by atoms with Gasteiger partial charge in [-0.25, -0.2) is 28.7 Å². The van der Waals surface area contributed by atoms with Crippen LogP contribution in [0.3, 0.4) is 0 Å². The maximum atomic E-state index is 14.6. The zero-order valence-electron chi connectivity index (χ0n) is 51.5. The number of fused-ring (bicyclic) bond motifs is 6. The predicted octanol–water partition coefficient (Wildman–Crippen LogP) is 13.7. The number of Topliss-reactive ketones (excluding diaryl/α,β-unsaturated/α-hetero) is 2. The van der Waals surface area contributed by atoms with Gasteiger partial charge in [-0.2, -0.15) is 26.3 Å². The summed E-state index contributed by atoms with van der Waals surface area (Å²) in [7, 11) is -0.552. The molecule has 4 aliphatic carbocycles. The van der Waals surface area contributed by atoms with E-state index in [0.29, 0.717) is 54.9 Å². The molecule has 0 radical (unpaired) electrons. The molecular weight excluding hydrogens is 1250 g/mol. The Balaban J connectivity index is 0.000000171. The number of aliphatic hydroxyl groups is 2. The molecule has 2 N–H and O–H groups in total. The fraction of sp³-hybridized carbons (Fsp3) is 0.485. The van der Waals surface area contributed by atoms with Crippen LogP contribution in [0.15, 0.2) is 89.9 Å². The number of ether oxygens (including phenoxy) is 4. The summed E-state index contributed by atoms with van der Waals surface area (Å²) in [5.74, 6) is 1.46. The van der Waals surface area contributed by atoms with Crippen LogP contribution in [0.25, 0.3) is 11.1 Å². The first-order valence-electron chi connectivity index (χ1n) is 29.7. The molecule has 0 spiro atoms. The van der Waals surface area contributed by atoms with Crippen LogP contribution in [0.2, 0.25) is 0 Å². The van der Waals surface area contributed by atoms with Crippen molar-refractivity contribution in [2.24, 2.45) is 23.7 Å². The summed E-state index contributed by atoms with van der Waals surface area (Å²) in [5, 5.41) is 19.3. The van der Waals surface area contributed by atoms with Crippen LogP contribution in [0, 0.1) is 35.3 Å². The van der Waals surface area contributed by atoms with Crippen molar-refractivity contribution in [3.8, 4) is 34.6 Å². The molecule has 0 amide bonds. The summed E-state index contributed by atoms with van der Waals surface area (Å²) in [6.45, 7) is 18.0. The van der Waals surface area contributed by atoms with Crippen LogP contribution in [-0.4, -0.2) is 84.5 Å². The number of carbonyl (C=O) groups excluding carboxylic acids is 2. The average molecular weight is 1320 g/mol. The van der Waals surface area contributed by atoms with Gasteiger partial charge in [-0.05, 0) is 199 Å². The highest BCUT2D eigenvalue weighted by Crippen LogP contribution is 2.63. The standard InChI is InChI=1S/C30H30F4N2O4.C24H27BFNO4.C12H15BrF3NO2/c1-16(37)27-20-10-18-11-25(36-14-22(18)28(20)27)40-15-19-9-17(5-6-24(19)31)21-13-35-26(12-23(21)30(32,33)34)39-8-4-7-29(2,3)38;1-13(28)21-17-9-14-10-20(27-11-18(14)22(17)21)29-12-15-8-16(6-7-19(15)26)25-30-23(2,3)24(4,5)31-25;1-11(2,18)4-3-5-19-10-6-8(12(14,15)16)9(13)7-17-10/h5-6,9,11-14,20,27-28,38H,4,7-8,10,15H2,1-3H3;6-8,10-11,17,21-22H,9,12H2,1-5H3;6-7,18H,3-5H2,1-2H3/t20-,27-,28+;17-,21-,22+;/m00./s1. The first-order valence-corrected chi connectivity index (χ1v) is 30.4. The second-order valence-corrected chi connectivity index (χ2v) is 26.8. The van der Waals surface area contributed by atoms with Crippen molar-refractivity contribution in [2.75, 3.05) is 13.2 Å². The number of halogens is 9. The lowest BCUT2D eigenvalue weighted by Crippen LogP contribution is -2.41. The molecule has 24 heteroatoms. The molecule has 14 nitrogen and oxygen atoms in total. The zero-order valence-corrected chi connectivity index (χ0v) is 53.1. The van der Waals surface area contributed by atoms with Gasteiger partial charge in [0.1, 0.15) is 36.4 Å². The molecule has 0 bridgehead atoms. The molecular formula is C66H72BBrF8N4O10. The highest BCUT2D eigenvalue weighted by molar-refractivity contribution is 9.10. The van der Waals surface area contributed by atoms with Crippen molar-refractivity contribution < 1.29 is 83.2 Å². The van der Waals surface area contributed by atoms with Crippen molar-refractivity contribution in [3.63, 3.8) is 0 Å². The zero-order chi connectivity index (χ0) is 65.6. The van der Waals surface area contributed by atoms with Gasteiger partial charge in [-0.3, -0.25) is 9.59 Å². The van der Waals surface area contributed by atoms with E-state index in [1.807, 2.05) is 40.0 Å². The van der Waals surface area contributed by atoms with Crippen molar-refractivity contribution in [1.29, 1.82) is 0 Å². The molecule has 6 atom stereocenters. The molecule has 3 fully saturated rings. The highest BCUT2D eigenvalue weighted by Gasteiger charge is 2.59. The van der Waals surface area contributed by atoms with Gasteiger partial charge in [-0.15, -0.1) is 0 Å². The lowest BCUT2D eigenvalue weighted by atomic mass is 9.78. The molecule has 90 heavy (non-hydrogen) atoms. The number of nitrogens with zero attached hydrogens (tertiary/aromatic N) is 4. The van der Waals surface area contributed by atoms with Gasteiger partial charge >= 0.3 is 19.5 Å². The smallest absolute Gasteiger partial charge is 0.478 e. The summed E-state index contributed by atoms with van der Waals surface area (Å²) in [6, 6.07) is 13.9. The Hall–Kier alpha value is -6.60. The SMILES string of the molecule is CC(=O)[C@H]1[C@@H]2Cc3cc(OCc4cc(-c5cnc(OCCCC(C)(C)O)cc5C(F)(F)F)ccc4F)ncc3[C@@H]21.CC(=O)[C@H]1[C@@H]2Cc3cc(OCc4cc(B5OC(C)(C)C(C)(C)O5)ccc4F)ncc3[C@@H]21.CC(C)(O)CCCOc1cc(C(F)(F)F)c(Br)cn1. The van der Waals surface area contributed by atoms with E-state index in [1.165, 1.54) is 23.8 Å². The first kappa shape index (κ1) is 67.8. The van der Waals surface area contributed by atoms with E-state index >= 15 is 0 Å². The minimum absolute atomic E-state index is 0.0632. The number of carbonyl (C=O) groups is 2. The molecule has 482 valence electrons. The van der Waals surface area contributed by atoms with E-state index in [2.05, 4.69) is 35.9 Å². The fourth-order valence-corrected chi connectivity index (χ4v) is 12.3. The summed E-state index contributed by atoms with van der Waals surface area (Å²) < 4.78 is 143. The van der Waals surface area contributed by atoms with Crippen LogP contribution >= 0.6 is 15.9 Å². The third kappa shape index (κ3) is 16.2. The number of hydrogen-bond donors (Lipinski definition) is 2. The number of rotatable bonds is 20. The minimum atomic E-state index is -4.70. The van der Waals surface area contributed by atoms with Gasteiger partial charge in [0, 0.05) is 82.1 Å². The largest absolute Gasteiger partial charge is 0.494 e. The van der Waals surface area contributed by atoms with Gasteiger partial charge < -0.3 is 38.5 Å². The molecule has 11 rings (SSSR count). The Labute approximate surface area is 526 Å². The molecule has 5 aliphatic rings. The number of pyridine rings is 4. The minimum Gasteiger partial charge on any atom is -0.478 e. The number of hydrogen-bond acceptors (Lipinski definition) is 14. The molecule has 1 saturated heterocycles. The van der Waals surface area contributed by atoms with Gasteiger partial charge in [-0.1, -0.05) is 18.2 Å². The summed E-state index contributed by atoms with van der Waals surface area (Å²) in [4.78, 5) is 39.9. The van der Waals surface area contributed by atoms with Crippen molar-refractivity contribution in [2.45, 2.75) is 168 Å². The van der Waals surface area contributed by atoms with Crippen molar-refractivity contribution >= 4 is 40.1 Å². The van der Waals surface area contributed by atoms with Crippen LogP contribution in [0.5, 0.6) is 23.5 Å².